The van der Waals surface area contributed by atoms with Crippen LogP contribution in [0.4, 0.5) is 0 Å². The normalized spacial score (nSPS) is 14.5. The Morgan fingerprint density at radius 3 is 1.63 bits per heavy atom. The third-order valence-corrected chi connectivity index (χ3v) is 4.43. The van der Waals surface area contributed by atoms with Crippen molar-refractivity contribution in [2.45, 2.75) is 77.8 Å². The smallest absolute Gasteiger partial charge is 0.00145 e. The maximum atomic E-state index is 3.02. The van der Waals surface area contributed by atoms with Gasteiger partial charge < -0.3 is 0 Å². The molecule has 2 unspecified atom stereocenters. The molecule has 0 amide bonds. The zero-order valence-corrected chi connectivity index (χ0v) is 15.0. The highest BCUT2D eigenvalue weighted by molar-refractivity contribution is 7.17. The molecule has 0 nitrogen and oxygen atoms in total. The first-order valence-corrected chi connectivity index (χ1v) is 8.14. The van der Waals surface area contributed by atoms with Gasteiger partial charge in [0.1, 0.15) is 0 Å². The fraction of sp³-hybridized carbons (Fsp3) is 0.667. The summed E-state index contributed by atoms with van der Waals surface area (Å²) >= 11 is 0. The molecule has 1 rings (SSSR count). The predicted octanol–water partition coefficient (Wildman–Crippen LogP) is 6.00. The van der Waals surface area contributed by atoms with E-state index in [1.54, 1.807) is 0 Å². The van der Waals surface area contributed by atoms with Gasteiger partial charge >= 0.3 is 0 Å². The average Bonchev–Trinajstić information content (AvgIpc) is 2.26. The van der Waals surface area contributed by atoms with Crippen LogP contribution >= 0.6 is 9.24 Å². The van der Waals surface area contributed by atoms with Crippen molar-refractivity contribution in [2.24, 2.45) is 0 Å². The van der Waals surface area contributed by atoms with Crippen molar-refractivity contribution in [3.8, 4) is 0 Å². The minimum Gasteiger partial charge on any atom is -0.130 e. The van der Waals surface area contributed by atoms with Gasteiger partial charge in [-0.15, -0.1) is 9.24 Å². The Kier molecular flexibility index (Phi) is 5.24. The monoisotopic (exact) mass is 278 g/mol. The van der Waals surface area contributed by atoms with Crippen LogP contribution in [0.1, 0.15) is 83.7 Å². The van der Waals surface area contributed by atoms with E-state index in [1.807, 2.05) is 0 Å². The van der Waals surface area contributed by atoms with E-state index in [0.29, 0.717) is 5.66 Å². The van der Waals surface area contributed by atoms with Gasteiger partial charge in [-0.1, -0.05) is 73.1 Å². The van der Waals surface area contributed by atoms with Crippen molar-refractivity contribution in [3.05, 3.63) is 34.9 Å². The van der Waals surface area contributed by atoms with Crippen LogP contribution in [0.15, 0.2) is 18.2 Å². The summed E-state index contributed by atoms with van der Waals surface area (Å²) in [7, 11) is 3.02. The lowest BCUT2D eigenvalue weighted by Crippen LogP contribution is -2.17. The van der Waals surface area contributed by atoms with Crippen LogP contribution in [0, 0.1) is 0 Å². The van der Waals surface area contributed by atoms with Crippen molar-refractivity contribution in [2.75, 3.05) is 0 Å². The largest absolute Gasteiger partial charge is 0.130 e. The SMILES string of the molecule is CCCC(P)c1cc(C(C)(C)C)cc(C(C)(C)C)c1. The van der Waals surface area contributed by atoms with Crippen LogP contribution < -0.4 is 0 Å². The van der Waals surface area contributed by atoms with Gasteiger partial charge in [0.15, 0.2) is 0 Å². The molecule has 1 aromatic rings. The highest BCUT2D eigenvalue weighted by atomic mass is 31.0. The molecule has 0 aliphatic carbocycles. The van der Waals surface area contributed by atoms with Crippen molar-refractivity contribution < 1.29 is 0 Å². The quantitative estimate of drug-likeness (QED) is 0.595. The van der Waals surface area contributed by atoms with Crippen LogP contribution in [0.25, 0.3) is 0 Å². The molecule has 0 aromatic heterocycles. The molecule has 2 atom stereocenters. The topological polar surface area (TPSA) is 0 Å². The van der Waals surface area contributed by atoms with Gasteiger partial charge in [0.2, 0.25) is 0 Å². The van der Waals surface area contributed by atoms with Gasteiger partial charge in [-0.05, 0) is 39.6 Å². The molecule has 108 valence electrons. The lowest BCUT2D eigenvalue weighted by molar-refractivity contribution is 0.566. The van der Waals surface area contributed by atoms with Gasteiger partial charge in [0.05, 0.1) is 0 Å². The first-order valence-electron chi connectivity index (χ1n) is 7.47. The molecule has 19 heavy (non-hydrogen) atoms. The minimum atomic E-state index is 0.215. The Morgan fingerprint density at radius 2 is 1.32 bits per heavy atom. The maximum Gasteiger partial charge on any atom is -0.00145 e. The second kappa shape index (κ2) is 5.96. The van der Waals surface area contributed by atoms with Crippen LogP contribution in [-0.4, -0.2) is 0 Å². The third-order valence-electron chi connectivity index (χ3n) is 3.72. The van der Waals surface area contributed by atoms with E-state index >= 15 is 0 Å². The Labute approximate surface area is 122 Å². The van der Waals surface area contributed by atoms with E-state index in [2.05, 4.69) is 75.9 Å². The van der Waals surface area contributed by atoms with Gasteiger partial charge in [0.25, 0.3) is 0 Å². The molecule has 0 spiro atoms. The molecular weight excluding hydrogens is 247 g/mol. The molecule has 0 saturated carbocycles. The number of hydrogen-bond donors (Lipinski definition) is 0. The summed E-state index contributed by atoms with van der Waals surface area (Å²) < 4.78 is 0. The molecule has 0 heterocycles. The highest BCUT2D eigenvalue weighted by Gasteiger charge is 2.21. The lowest BCUT2D eigenvalue weighted by atomic mass is 9.79. The molecule has 0 aliphatic heterocycles. The van der Waals surface area contributed by atoms with E-state index in [0.717, 1.165) is 0 Å². The maximum absolute atomic E-state index is 3.02. The van der Waals surface area contributed by atoms with Crippen LogP contribution in [0.5, 0.6) is 0 Å². The molecule has 1 heteroatoms. The van der Waals surface area contributed by atoms with Crippen LogP contribution in [-0.2, 0) is 10.8 Å². The molecule has 0 fully saturated rings. The standard InChI is InChI=1S/C18H31P/c1-8-9-16(19)13-10-14(17(2,3)4)12-15(11-13)18(5,6)7/h10-12,16H,8-9,19H2,1-7H3. The number of rotatable bonds is 3. The minimum absolute atomic E-state index is 0.215. The van der Waals surface area contributed by atoms with Crippen molar-refractivity contribution >= 4 is 9.24 Å². The summed E-state index contributed by atoms with van der Waals surface area (Å²) in [4.78, 5) is 0. The second-order valence-corrected chi connectivity index (χ2v) is 8.54. The summed E-state index contributed by atoms with van der Waals surface area (Å²) in [6.45, 7) is 16.1. The number of hydrogen-bond acceptors (Lipinski definition) is 0. The van der Waals surface area contributed by atoms with Crippen molar-refractivity contribution in [1.29, 1.82) is 0 Å². The molecule has 0 N–H and O–H groups in total. The van der Waals surface area contributed by atoms with E-state index in [1.165, 1.54) is 29.5 Å². The van der Waals surface area contributed by atoms with Gasteiger partial charge in [-0.3, -0.25) is 0 Å². The summed E-state index contributed by atoms with van der Waals surface area (Å²) in [5.74, 6) is 0. The number of benzene rings is 1. The molecule has 0 radical (unpaired) electrons. The Balaban J connectivity index is 3.33. The van der Waals surface area contributed by atoms with E-state index < -0.39 is 0 Å². The Bertz CT molecular complexity index is 386. The fourth-order valence-corrected chi connectivity index (χ4v) is 2.74. The first-order chi connectivity index (χ1) is 8.55. The zero-order valence-electron chi connectivity index (χ0n) is 13.8. The Morgan fingerprint density at radius 1 is 0.895 bits per heavy atom. The molecular formula is C18H31P. The van der Waals surface area contributed by atoms with E-state index in [4.69, 9.17) is 0 Å². The Hall–Kier alpha value is -0.350. The van der Waals surface area contributed by atoms with Crippen LogP contribution in [0.2, 0.25) is 0 Å². The average molecular weight is 278 g/mol. The third kappa shape index (κ3) is 4.60. The van der Waals surface area contributed by atoms with Crippen molar-refractivity contribution in [3.63, 3.8) is 0 Å². The summed E-state index contributed by atoms with van der Waals surface area (Å²) in [5.41, 5.74) is 5.40. The fourth-order valence-electron chi connectivity index (χ4n) is 2.21. The predicted molar refractivity (Wildman–Crippen MR) is 91.2 cm³/mol. The molecule has 0 saturated heterocycles. The van der Waals surface area contributed by atoms with Gasteiger partial charge in [-0.2, -0.15) is 0 Å². The summed E-state index contributed by atoms with van der Waals surface area (Å²) in [6.07, 6.45) is 2.47. The second-order valence-electron chi connectivity index (χ2n) is 7.74. The highest BCUT2D eigenvalue weighted by Crippen LogP contribution is 2.35. The summed E-state index contributed by atoms with van der Waals surface area (Å²) in [6, 6.07) is 7.21. The van der Waals surface area contributed by atoms with E-state index in [-0.39, 0.29) is 10.8 Å². The molecule has 1 aromatic carbocycles. The lowest BCUT2D eigenvalue weighted by Gasteiger charge is -2.27. The molecule has 0 aliphatic rings. The van der Waals surface area contributed by atoms with Gasteiger partial charge in [-0.25, -0.2) is 0 Å². The first kappa shape index (κ1) is 16.7. The zero-order chi connectivity index (χ0) is 14.8. The van der Waals surface area contributed by atoms with Gasteiger partial charge in [0, 0.05) is 0 Å². The van der Waals surface area contributed by atoms with Crippen molar-refractivity contribution in [1.82, 2.24) is 0 Å². The van der Waals surface area contributed by atoms with E-state index in [9.17, 15) is 0 Å². The molecule has 0 bridgehead atoms. The van der Waals surface area contributed by atoms with Crippen LogP contribution in [0.3, 0.4) is 0 Å². The summed E-state index contributed by atoms with van der Waals surface area (Å²) in [5, 5.41) is 0.